The molecule has 4 heterocycles. The first-order chi connectivity index (χ1) is 13.2. The summed E-state index contributed by atoms with van der Waals surface area (Å²) in [6.07, 6.45) is 7.86. The molecule has 1 saturated heterocycles. The van der Waals surface area contributed by atoms with Crippen LogP contribution >= 0.6 is 0 Å². The molecule has 4 rings (SSSR count). The maximum absolute atomic E-state index is 12.7. The molecule has 3 aromatic rings. The second-order valence-electron chi connectivity index (χ2n) is 6.66. The maximum Gasteiger partial charge on any atom is 0.230 e. The van der Waals surface area contributed by atoms with Crippen molar-refractivity contribution in [2.45, 2.75) is 19.9 Å². The van der Waals surface area contributed by atoms with Gasteiger partial charge in [-0.3, -0.25) is 14.8 Å². The van der Waals surface area contributed by atoms with Crippen molar-refractivity contribution in [3.05, 3.63) is 60.3 Å². The van der Waals surface area contributed by atoms with E-state index in [1.165, 1.54) is 0 Å². The lowest BCUT2D eigenvalue weighted by molar-refractivity contribution is -0.119. The molecule has 138 valence electrons. The third-order valence-electron chi connectivity index (χ3n) is 4.89. The SMILES string of the molecule is Cc1c(NC(=O)C2CCN(c3ccncc3)C2)nnn1Cc1ccncc1. The highest BCUT2D eigenvalue weighted by Gasteiger charge is 2.29. The van der Waals surface area contributed by atoms with E-state index in [0.29, 0.717) is 18.9 Å². The number of carbonyl (C=O) groups excluding carboxylic acids is 1. The maximum atomic E-state index is 12.7. The predicted octanol–water partition coefficient (Wildman–Crippen LogP) is 1.89. The zero-order chi connectivity index (χ0) is 18.6. The Morgan fingerprint density at radius 3 is 2.59 bits per heavy atom. The molecule has 8 nitrogen and oxygen atoms in total. The van der Waals surface area contributed by atoms with E-state index in [4.69, 9.17) is 0 Å². The fourth-order valence-electron chi connectivity index (χ4n) is 3.27. The number of amides is 1. The summed E-state index contributed by atoms with van der Waals surface area (Å²) in [5.41, 5.74) is 3.02. The highest BCUT2D eigenvalue weighted by atomic mass is 16.2. The zero-order valence-electron chi connectivity index (χ0n) is 15.1. The van der Waals surface area contributed by atoms with Crippen molar-refractivity contribution in [2.24, 2.45) is 5.92 Å². The van der Waals surface area contributed by atoms with Gasteiger partial charge in [-0.1, -0.05) is 5.21 Å². The molecule has 1 amide bonds. The number of anilines is 2. The number of nitrogens with one attached hydrogen (secondary N) is 1. The van der Waals surface area contributed by atoms with Crippen LogP contribution in [-0.2, 0) is 11.3 Å². The Morgan fingerprint density at radius 2 is 1.85 bits per heavy atom. The predicted molar refractivity (Wildman–Crippen MR) is 101 cm³/mol. The number of aromatic nitrogens is 5. The monoisotopic (exact) mass is 363 g/mol. The van der Waals surface area contributed by atoms with Gasteiger partial charge >= 0.3 is 0 Å². The van der Waals surface area contributed by atoms with Crippen LogP contribution in [0.2, 0.25) is 0 Å². The zero-order valence-corrected chi connectivity index (χ0v) is 15.1. The number of pyridine rings is 2. The van der Waals surface area contributed by atoms with Gasteiger partial charge in [0.25, 0.3) is 0 Å². The molecule has 8 heteroatoms. The minimum Gasteiger partial charge on any atom is -0.371 e. The van der Waals surface area contributed by atoms with Crippen LogP contribution in [0.15, 0.2) is 49.1 Å². The van der Waals surface area contributed by atoms with E-state index in [1.54, 1.807) is 29.5 Å². The van der Waals surface area contributed by atoms with Crippen molar-refractivity contribution in [1.82, 2.24) is 25.0 Å². The molecule has 1 unspecified atom stereocenters. The first-order valence-electron chi connectivity index (χ1n) is 8.95. The molecule has 3 aromatic heterocycles. The number of nitrogens with zero attached hydrogens (tertiary/aromatic N) is 6. The quantitative estimate of drug-likeness (QED) is 0.745. The molecule has 0 spiro atoms. The molecule has 0 saturated carbocycles. The largest absolute Gasteiger partial charge is 0.371 e. The van der Waals surface area contributed by atoms with Gasteiger partial charge in [0.05, 0.1) is 18.2 Å². The first kappa shape index (κ1) is 17.1. The summed E-state index contributed by atoms with van der Waals surface area (Å²) < 4.78 is 1.78. The summed E-state index contributed by atoms with van der Waals surface area (Å²) in [5, 5.41) is 11.3. The Bertz CT molecular complexity index is 910. The van der Waals surface area contributed by atoms with Crippen LogP contribution in [0.1, 0.15) is 17.7 Å². The van der Waals surface area contributed by atoms with Crippen molar-refractivity contribution >= 4 is 17.4 Å². The van der Waals surface area contributed by atoms with Gasteiger partial charge in [0, 0.05) is 43.6 Å². The lowest BCUT2D eigenvalue weighted by Crippen LogP contribution is -2.27. The van der Waals surface area contributed by atoms with Gasteiger partial charge in [-0.2, -0.15) is 0 Å². The Hall–Kier alpha value is -3.29. The summed E-state index contributed by atoms with van der Waals surface area (Å²) in [6.45, 7) is 4.06. The molecule has 1 N–H and O–H groups in total. The molecule has 1 aliphatic heterocycles. The van der Waals surface area contributed by atoms with Crippen LogP contribution in [0.5, 0.6) is 0 Å². The third-order valence-corrected chi connectivity index (χ3v) is 4.89. The Balaban J connectivity index is 1.39. The van der Waals surface area contributed by atoms with Gasteiger partial charge < -0.3 is 10.2 Å². The van der Waals surface area contributed by atoms with Crippen LogP contribution in [-0.4, -0.2) is 44.0 Å². The van der Waals surface area contributed by atoms with Crippen molar-refractivity contribution in [2.75, 3.05) is 23.3 Å². The van der Waals surface area contributed by atoms with Crippen LogP contribution in [0.25, 0.3) is 0 Å². The van der Waals surface area contributed by atoms with Crippen LogP contribution in [0.3, 0.4) is 0 Å². The van der Waals surface area contributed by atoms with Crippen molar-refractivity contribution in [3.63, 3.8) is 0 Å². The van der Waals surface area contributed by atoms with E-state index in [1.807, 2.05) is 31.2 Å². The molecule has 0 aromatic carbocycles. The summed E-state index contributed by atoms with van der Waals surface area (Å²) in [6, 6.07) is 7.81. The third kappa shape index (κ3) is 3.79. The van der Waals surface area contributed by atoms with Gasteiger partial charge in [-0.25, -0.2) is 4.68 Å². The lowest BCUT2D eigenvalue weighted by Gasteiger charge is -2.18. The van der Waals surface area contributed by atoms with Gasteiger partial charge in [-0.05, 0) is 43.2 Å². The van der Waals surface area contributed by atoms with Crippen molar-refractivity contribution in [1.29, 1.82) is 0 Å². The Morgan fingerprint density at radius 1 is 1.15 bits per heavy atom. The standard InChI is InChI=1S/C19H21N7O/c1-14-18(23-24-26(14)12-15-2-7-20-8-3-15)22-19(27)16-6-11-25(13-16)17-4-9-21-10-5-17/h2-5,7-10,16H,6,11-13H2,1H3,(H,22,27). The molecular weight excluding hydrogens is 342 g/mol. The van der Waals surface area contributed by atoms with E-state index < -0.39 is 0 Å². The second-order valence-corrected chi connectivity index (χ2v) is 6.66. The fourth-order valence-corrected chi connectivity index (χ4v) is 3.27. The number of hydrogen-bond donors (Lipinski definition) is 1. The average Bonchev–Trinajstić information content (AvgIpc) is 3.33. The average molecular weight is 363 g/mol. The fraction of sp³-hybridized carbons (Fsp3) is 0.316. The number of rotatable bonds is 5. The van der Waals surface area contributed by atoms with Crippen molar-refractivity contribution < 1.29 is 4.79 Å². The summed E-state index contributed by atoms with van der Waals surface area (Å²) >= 11 is 0. The molecule has 1 fully saturated rings. The van der Waals surface area contributed by atoms with Crippen LogP contribution in [0, 0.1) is 12.8 Å². The van der Waals surface area contributed by atoms with Gasteiger partial charge in [0.15, 0.2) is 5.82 Å². The highest BCUT2D eigenvalue weighted by Crippen LogP contribution is 2.24. The normalized spacial score (nSPS) is 16.5. The van der Waals surface area contributed by atoms with Crippen molar-refractivity contribution in [3.8, 4) is 0 Å². The topological polar surface area (TPSA) is 88.8 Å². The van der Waals surface area contributed by atoms with E-state index in [2.05, 4.69) is 30.5 Å². The van der Waals surface area contributed by atoms with Crippen LogP contribution < -0.4 is 10.2 Å². The van der Waals surface area contributed by atoms with E-state index in [0.717, 1.165) is 29.9 Å². The molecule has 1 atom stereocenters. The minimum atomic E-state index is -0.0667. The van der Waals surface area contributed by atoms with E-state index >= 15 is 0 Å². The Labute approximate surface area is 157 Å². The molecule has 27 heavy (non-hydrogen) atoms. The first-order valence-corrected chi connectivity index (χ1v) is 8.95. The number of hydrogen-bond acceptors (Lipinski definition) is 6. The smallest absolute Gasteiger partial charge is 0.230 e. The van der Waals surface area contributed by atoms with E-state index in [-0.39, 0.29) is 11.8 Å². The second kappa shape index (κ2) is 7.53. The summed E-state index contributed by atoms with van der Waals surface area (Å²) in [5.74, 6) is 0.449. The number of carbonyl (C=O) groups is 1. The highest BCUT2D eigenvalue weighted by molar-refractivity contribution is 5.92. The molecule has 1 aliphatic rings. The molecule has 0 radical (unpaired) electrons. The van der Waals surface area contributed by atoms with Gasteiger partial charge in [0.1, 0.15) is 0 Å². The minimum absolute atomic E-state index is 0.00869. The van der Waals surface area contributed by atoms with Gasteiger partial charge in [0.2, 0.25) is 5.91 Å². The van der Waals surface area contributed by atoms with Crippen LogP contribution in [0.4, 0.5) is 11.5 Å². The molecular formula is C19H21N7O. The van der Waals surface area contributed by atoms with Gasteiger partial charge in [-0.15, -0.1) is 5.10 Å². The van der Waals surface area contributed by atoms with E-state index in [9.17, 15) is 4.79 Å². The summed E-state index contributed by atoms with van der Waals surface area (Å²) in [4.78, 5) is 22.9. The lowest BCUT2D eigenvalue weighted by atomic mass is 10.1. The molecule has 0 bridgehead atoms. The Kier molecular flexibility index (Phi) is 4.78. The molecule has 0 aliphatic carbocycles. The summed E-state index contributed by atoms with van der Waals surface area (Å²) in [7, 11) is 0.